The van der Waals surface area contributed by atoms with Gasteiger partial charge in [-0.15, -0.1) is 0 Å². The van der Waals surface area contributed by atoms with Crippen LogP contribution >= 0.6 is 0 Å². The maximum Gasteiger partial charge on any atom is 0.335 e. The van der Waals surface area contributed by atoms with E-state index in [2.05, 4.69) is 19.7 Å². The Morgan fingerprint density at radius 2 is 1.11 bits per heavy atom. The van der Waals surface area contributed by atoms with Gasteiger partial charge in [0.1, 0.15) is 13.2 Å². The van der Waals surface area contributed by atoms with E-state index in [-0.39, 0.29) is 49.6 Å². The summed E-state index contributed by atoms with van der Waals surface area (Å²) in [6.07, 6.45) is -0.773. The predicted octanol–water partition coefficient (Wildman–Crippen LogP) is 3.79. The molecule has 0 aromatic heterocycles. The van der Waals surface area contributed by atoms with Gasteiger partial charge in [0.2, 0.25) is 12.6 Å². The van der Waals surface area contributed by atoms with Crippen LogP contribution in [0.4, 0.5) is 0 Å². The lowest BCUT2D eigenvalue weighted by atomic mass is 9.77. The van der Waals surface area contributed by atoms with E-state index in [1.54, 1.807) is 6.92 Å². The van der Waals surface area contributed by atoms with Crippen molar-refractivity contribution in [2.45, 2.75) is 73.4 Å². The first-order chi connectivity index (χ1) is 16.8. The first-order valence-electron chi connectivity index (χ1n) is 11.8. The van der Waals surface area contributed by atoms with Crippen LogP contribution in [0, 0.1) is 5.41 Å². The van der Waals surface area contributed by atoms with Crippen molar-refractivity contribution in [3.63, 3.8) is 0 Å². The Kier molecular flexibility index (Phi) is 15.3. The van der Waals surface area contributed by atoms with E-state index >= 15 is 0 Å². The first kappa shape index (κ1) is 33.0. The van der Waals surface area contributed by atoms with Gasteiger partial charge in [0.15, 0.2) is 0 Å². The summed E-state index contributed by atoms with van der Waals surface area (Å²) in [6, 6.07) is 0. The molecule has 0 saturated carbocycles. The van der Waals surface area contributed by atoms with Crippen LogP contribution in [0.1, 0.15) is 60.8 Å². The Morgan fingerprint density at radius 1 is 0.694 bits per heavy atom. The third-order valence-corrected chi connectivity index (χ3v) is 5.21. The molecule has 0 aromatic carbocycles. The van der Waals surface area contributed by atoms with Crippen molar-refractivity contribution in [2.75, 3.05) is 26.4 Å². The van der Waals surface area contributed by atoms with E-state index in [0.717, 1.165) is 0 Å². The Morgan fingerprint density at radius 3 is 1.50 bits per heavy atom. The molecule has 0 N–H and O–H groups in total. The van der Waals surface area contributed by atoms with E-state index in [1.165, 1.54) is 20.8 Å². The number of rotatable bonds is 18. The number of carbonyl (C=O) groups excluding carboxylic acids is 4. The van der Waals surface area contributed by atoms with Crippen LogP contribution in [-0.2, 0) is 47.6 Å². The molecule has 0 aromatic rings. The molecule has 36 heavy (non-hydrogen) atoms. The highest BCUT2D eigenvalue weighted by molar-refractivity contribution is 5.89. The van der Waals surface area contributed by atoms with Gasteiger partial charge in [-0.1, -0.05) is 33.6 Å². The molecule has 0 rings (SSSR count). The van der Waals surface area contributed by atoms with Crippen molar-refractivity contribution in [1.82, 2.24) is 0 Å². The number of ether oxygens (including phenoxy) is 6. The minimum absolute atomic E-state index is 0.00149. The summed E-state index contributed by atoms with van der Waals surface area (Å²) in [5.74, 6) is -2.32. The van der Waals surface area contributed by atoms with Crippen LogP contribution in [0.2, 0.25) is 0 Å². The second-order valence-electron chi connectivity index (χ2n) is 8.29. The van der Waals surface area contributed by atoms with E-state index in [4.69, 9.17) is 28.4 Å². The van der Waals surface area contributed by atoms with Crippen molar-refractivity contribution in [3.8, 4) is 0 Å². The zero-order valence-electron chi connectivity index (χ0n) is 22.3. The Labute approximate surface area is 213 Å². The quantitative estimate of drug-likeness (QED) is 0.0881. The molecule has 2 unspecified atom stereocenters. The monoisotopic (exact) mass is 512 g/mol. The molecule has 0 radical (unpaired) electrons. The van der Waals surface area contributed by atoms with Gasteiger partial charge in [-0.3, -0.25) is 4.79 Å². The smallest absolute Gasteiger partial charge is 0.335 e. The van der Waals surface area contributed by atoms with Gasteiger partial charge in [-0.25, -0.2) is 14.4 Å². The summed E-state index contributed by atoms with van der Waals surface area (Å²) in [5, 5.41) is 0. The van der Waals surface area contributed by atoms with Gasteiger partial charge in [-0.05, 0) is 47.0 Å². The summed E-state index contributed by atoms with van der Waals surface area (Å²) >= 11 is 0. The molecule has 0 spiro atoms. The molecular formula is C26H40O10. The average molecular weight is 513 g/mol. The van der Waals surface area contributed by atoms with Crippen molar-refractivity contribution in [2.24, 2.45) is 5.41 Å². The van der Waals surface area contributed by atoms with E-state index < -0.39 is 41.9 Å². The second-order valence-corrected chi connectivity index (χ2v) is 8.29. The Hall–Kier alpha value is -2.98. The maximum atomic E-state index is 12.8. The normalized spacial score (nSPS) is 12.6. The van der Waals surface area contributed by atoms with Gasteiger partial charge in [0.05, 0.1) is 18.6 Å². The summed E-state index contributed by atoms with van der Waals surface area (Å²) in [5.41, 5.74) is -0.352. The zero-order valence-corrected chi connectivity index (χ0v) is 22.3. The molecule has 204 valence electrons. The summed E-state index contributed by atoms with van der Waals surface area (Å²) < 4.78 is 31.1. The van der Waals surface area contributed by atoms with E-state index in [9.17, 15) is 19.2 Å². The standard InChI is InChI=1S/C26H40O10/c1-10-26(11-2,25(30)34-15-13-32-21(9)36-23(28)18(5)6)16-19(7)24(29)33-14-12-31-20(8)35-22(27)17(3)4/h20-21H,3,5,7,10-16H2,1-2,4,6,8-9H3. The largest absolute Gasteiger partial charge is 0.463 e. The minimum Gasteiger partial charge on any atom is -0.463 e. The van der Waals surface area contributed by atoms with Crippen LogP contribution < -0.4 is 0 Å². The Balaban J connectivity index is 4.59. The Bertz CT molecular complexity index is 810. The van der Waals surface area contributed by atoms with Gasteiger partial charge in [0, 0.05) is 16.7 Å². The maximum absolute atomic E-state index is 12.8. The number of carbonyl (C=O) groups is 4. The SMILES string of the molecule is C=C(C)C(=O)OC(C)OCCOC(=O)C(=C)CC(CC)(CC)C(=O)OCCOC(C)OC(=O)C(=C)C. The average Bonchev–Trinajstić information content (AvgIpc) is 2.82. The van der Waals surface area contributed by atoms with Crippen LogP contribution in [0.3, 0.4) is 0 Å². The highest BCUT2D eigenvalue weighted by Crippen LogP contribution is 2.35. The molecule has 0 fully saturated rings. The molecule has 10 nitrogen and oxygen atoms in total. The van der Waals surface area contributed by atoms with Crippen molar-refractivity contribution < 1.29 is 47.6 Å². The molecule has 0 saturated heterocycles. The fourth-order valence-corrected chi connectivity index (χ4v) is 2.86. The molecular weight excluding hydrogens is 472 g/mol. The van der Waals surface area contributed by atoms with E-state index in [1.807, 2.05) is 13.8 Å². The van der Waals surface area contributed by atoms with Crippen molar-refractivity contribution >= 4 is 23.9 Å². The van der Waals surface area contributed by atoms with Crippen LogP contribution in [0.15, 0.2) is 36.5 Å². The van der Waals surface area contributed by atoms with Crippen LogP contribution in [0.25, 0.3) is 0 Å². The summed E-state index contributed by atoms with van der Waals surface area (Å²) in [7, 11) is 0. The molecule has 0 aliphatic rings. The molecule has 2 atom stereocenters. The lowest BCUT2D eigenvalue weighted by molar-refractivity contribution is -0.177. The number of hydrogen-bond donors (Lipinski definition) is 0. The topological polar surface area (TPSA) is 124 Å². The predicted molar refractivity (Wildman–Crippen MR) is 131 cm³/mol. The lowest BCUT2D eigenvalue weighted by Gasteiger charge is -2.29. The highest BCUT2D eigenvalue weighted by Gasteiger charge is 2.38. The summed E-state index contributed by atoms with van der Waals surface area (Å²) in [4.78, 5) is 48.1. The van der Waals surface area contributed by atoms with Crippen LogP contribution in [-0.4, -0.2) is 62.9 Å². The van der Waals surface area contributed by atoms with Gasteiger partial charge >= 0.3 is 23.9 Å². The molecule has 0 heterocycles. The van der Waals surface area contributed by atoms with Gasteiger partial charge in [0.25, 0.3) is 0 Å². The molecule has 0 amide bonds. The fourth-order valence-electron chi connectivity index (χ4n) is 2.86. The third-order valence-electron chi connectivity index (χ3n) is 5.21. The van der Waals surface area contributed by atoms with Crippen LogP contribution in [0.5, 0.6) is 0 Å². The van der Waals surface area contributed by atoms with Gasteiger partial charge < -0.3 is 28.4 Å². The van der Waals surface area contributed by atoms with Crippen molar-refractivity contribution in [1.29, 1.82) is 0 Å². The molecule has 10 heteroatoms. The lowest BCUT2D eigenvalue weighted by Crippen LogP contribution is -2.34. The van der Waals surface area contributed by atoms with E-state index in [0.29, 0.717) is 12.8 Å². The fraction of sp³-hybridized carbons (Fsp3) is 0.615. The molecule has 0 bridgehead atoms. The van der Waals surface area contributed by atoms with Crippen molar-refractivity contribution in [3.05, 3.63) is 36.5 Å². The zero-order chi connectivity index (χ0) is 27.9. The number of esters is 4. The first-order valence-corrected chi connectivity index (χ1v) is 11.8. The third kappa shape index (κ3) is 12.1. The highest BCUT2D eigenvalue weighted by atomic mass is 16.7. The number of hydrogen-bond acceptors (Lipinski definition) is 10. The summed E-state index contributed by atoms with van der Waals surface area (Å²) in [6.45, 7) is 20.4. The molecule has 0 aliphatic carbocycles. The molecule has 0 aliphatic heterocycles. The minimum atomic E-state index is -0.962. The van der Waals surface area contributed by atoms with Gasteiger partial charge in [-0.2, -0.15) is 0 Å². The second kappa shape index (κ2) is 16.6.